The van der Waals surface area contributed by atoms with Crippen molar-refractivity contribution < 1.29 is 28.5 Å². The number of carbonyl (C=O) groups excluding carboxylic acids is 2. The lowest BCUT2D eigenvalue weighted by Crippen LogP contribution is -2.30. The van der Waals surface area contributed by atoms with Crippen LogP contribution in [0.4, 0.5) is 5.69 Å². The van der Waals surface area contributed by atoms with Crippen LogP contribution in [0.25, 0.3) is 0 Å². The van der Waals surface area contributed by atoms with Crippen molar-refractivity contribution in [2.24, 2.45) is 0 Å². The minimum absolute atomic E-state index is 0.128. The van der Waals surface area contributed by atoms with Gasteiger partial charge in [0.25, 0.3) is 5.91 Å². The standard InChI is InChI=1S/C22H25NO6/c1-15(21(24)23-17-5-3-6-19(13-17)26-2)29-22(25)16-8-10-18(11-9-16)28-14-20-7-4-12-27-20/h3,5-6,8-11,13,15,20H,4,7,12,14H2,1-2H3,(H,23,24)/t15-,20-/m0/s1. The lowest BCUT2D eigenvalue weighted by Gasteiger charge is -2.14. The zero-order chi connectivity index (χ0) is 20.6. The zero-order valence-electron chi connectivity index (χ0n) is 16.6. The second-order valence-corrected chi connectivity index (χ2v) is 6.74. The normalized spacial score (nSPS) is 16.7. The highest BCUT2D eigenvalue weighted by Gasteiger charge is 2.20. The van der Waals surface area contributed by atoms with Gasteiger partial charge in [0, 0.05) is 18.4 Å². The van der Waals surface area contributed by atoms with E-state index in [-0.39, 0.29) is 6.10 Å². The summed E-state index contributed by atoms with van der Waals surface area (Å²) in [4.78, 5) is 24.6. The molecule has 1 aliphatic rings. The maximum Gasteiger partial charge on any atom is 0.338 e. The van der Waals surface area contributed by atoms with Gasteiger partial charge in [-0.2, -0.15) is 0 Å². The van der Waals surface area contributed by atoms with E-state index in [0.29, 0.717) is 29.4 Å². The summed E-state index contributed by atoms with van der Waals surface area (Å²) in [5, 5.41) is 2.70. The average molecular weight is 399 g/mol. The molecule has 0 saturated carbocycles. The monoisotopic (exact) mass is 399 g/mol. The fourth-order valence-electron chi connectivity index (χ4n) is 2.88. The molecule has 2 atom stereocenters. The first-order chi connectivity index (χ1) is 14.0. The molecule has 7 nitrogen and oxygen atoms in total. The van der Waals surface area contributed by atoms with Crippen LogP contribution in [0.3, 0.4) is 0 Å². The van der Waals surface area contributed by atoms with Crippen molar-refractivity contribution in [2.75, 3.05) is 25.6 Å². The fraction of sp³-hybridized carbons (Fsp3) is 0.364. The van der Waals surface area contributed by atoms with Crippen LogP contribution in [0.1, 0.15) is 30.1 Å². The van der Waals surface area contributed by atoms with Crippen LogP contribution in [0.5, 0.6) is 11.5 Å². The number of hydrogen-bond acceptors (Lipinski definition) is 6. The Labute approximate surface area is 169 Å². The van der Waals surface area contributed by atoms with Crippen molar-refractivity contribution in [3.63, 3.8) is 0 Å². The van der Waals surface area contributed by atoms with Gasteiger partial charge in [0.15, 0.2) is 6.10 Å². The summed E-state index contributed by atoms with van der Waals surface area (Å²) in [5.74, 6) is 0.266. The molecule has 0 spiro atoms. The van der Waals surface area contributed by atoms with Crippen LogP contribution in [-0.4, -0.2) is 44.4 Å². The fourth-order valence-corrected chi connectivity index (χ4v) is 2.88. The Hall–Kier alpha value is -3.06. The number of ether oxygens (including phenoxy) is 4. The maximum atomic E-state index is 12.3. The number of methoxy groups -OCH3 is 1. The van der Waals surface area contributed by atoms with Gasteiger partial charge in [-0.25, -0.2) is 4.79 Å². The van der Waals surface area contributed by atoms with E-state index in [1.54, 1.807) is 55.6 Å². The number of rotatable bonds is 8. The van der Waals surface area contributed by atoms with E-state index in [9.17, 15) is 9.59 Å². The Morgan fingerprint density at radius 1 is 1.17 bits per heavy atom. The molecule has 1 N–H and O–H groups in total. The molecule has 2 aromatic carbocycles. The quantitative estimate of drug-likeness (QED) is 0.685. The Morgan fingerprint density at radius 3 is 2.66 bits per heavy atom. The molecule has 3 rings (SSSR count). The van der Waals surface area contributed by atoms with Gasteiger partial charge in [-0.1, -0.05) is 6.07 Å². The molecule has 0 bridgehead atoms. The number of nitrogens with one attached hydrogen (secondary N) is 1. The molecular formula is C22H25NO6. The highest BCUT2D eigenvalue weighted by molar-refractivity contribution is 5.97. The van der Waals surface area contributed by atoms with Gasteiger partial charge in [0.05, 0.1) is 18.8 Å². The SMILES string of the molecule is COc1cccc(NC(=O)[C@H](C)OC(=O)c2ccc(OC[C@@H]3CCCO3)cc2)c1. The maximum absolute atomic E-state index is 12.3. The molecule has 0 aromatic heterocycles. The first-order valence-corrected chi connectivity index (χ1v) is 9.55. The largest absolute Gasteiger partial charge is 0.497 e. The van der Waals surface area contributed by atoms with E-state index in [2.05, 4.69) is 5.32 Å². The van der Waals surface area contributed by atoms with Crippen molar-refractivity contribution in [1.82, 2.24) is 0 Å². The van der Waals surface area contributed by atoms with Gasteiger partial charge in [-0.05, 0) is 56.2 Å². The topological polar surface area (TPSA) is 83.1 Å². The number of hydrogen-bond donors (Lipinski definition) is 1. The molecule has 1 saturated heterocycles. The summed E-state index contributed by atoms with van der Waals surface area (Å²) in [7, 11) is 1.55. The van der Waals surface area contributed by atoms with Gasteiger partial charge < -0.3 is 24.3 Å². The van der Waals surface area contributed by atoms with Gasteiger partial charge in [-0.3, -0.25) is 4.79 Å². The van der Waals surface area contributed by atoms with Crippen molar-refractivity contribution in [3.8, 4) is 11.5 Å². The summed E-state index contributed by atoms with van der Waals surface area (Å²) < 4.78 is 21.6. The van der Waals surface area contributed by atoms with Crippen LogP contribution in [-0.2, 0) is 14.3 Å². The average Bonchev–Trinajstić information content (AvgIpc) is 3.26. The molecule has 1 aliphatic heterocycles. The second-order valence-electron chi connectivity index (χ2n) is 6.74. The Kier molecular flexibility index (Phi) is 7.08. The third kappa shape index (κ3) is 5.96. The lowest BCUT2D eigenvalue weighted by atomic mass is 10.2. The van der Waals surface area contributed by atoms with E-state index >= 15 is 0 Å². The smallest absolute Gasteiger partial charge is 0.338 e. The molecule has 0 aliphatic carbocycles. The van der Waals surface area contributed by atoms with Gasteiger partial charge in [-0.15, -0.1) is 0 Å². The van der Waals surface area contributed by atoms with E-state index in [1.807, 2.05) is 0 Å². The second kappa shape index (κ2) is 9.93. The number of anilines is 1. The molecule has 2 aromatic rings. The van der Waals surface area contributed by atoms with Crippen molar-refractivity contribution >= 4 is 17.6 Å². The molecule has 1 heterocycles. The molecule has 1 amide bonds. The Balaban J connectivity index is 1.49. The van der Waals surface area contributed by atoms with E-state index in [1.165, 1.54) is 6.92 Å². The Morgan fingerprint density at radius 2 is 1.97 bits per heavy atom. The number of carbonyl (C=O) groups is 2. The van der Waals surface area contributed by atoms with Crippen LogP contribution < -0.4 is 14.8 Å². The molecule has 1 fully saturated rings. The summed E-state index contributed by atoms with van der Waals surface area (Å²) in [6, 6.07) is 13.6. The third-order valence-corrected chi connectivity index (χ3v) is 4.54. The lowest BCUT2D eigenvalue weighted by molar-refractivity contribution is -0.123. The van der Waals surface area contributed by atoms with Crippen molar-refractivity contribution in [3.05, 3.63) is 54.1 Å². The van der Waals surface area contributed by atoms with Crippen molar-refractivity contribution in [2.45, 2.75) is 32.0 Å². The first kappa shape index (κ1) is 20.7. The third-order valence-electron chi connectivity index (χ3n) is 4.54. The highest BCUT2D eigenvalue weighted by atomic mass is 16.5. The zero-order valence-corrected chi connectivity index (χ0v) is 16.6. The van der Waals surface area contributed by atoms with E-state index in [4.69, 9.17) is 18.9 Å². The summed E-state index contributed by atoms with van der Waals surface area (Å²) in [6.45, 7) is 2.79. The summed E-state index contributed by atoms with van der Waals surface area (Å²) >= 11 is 0. The molecular weight excluding hydrogens is 374 g/mol. The Bertz CT molecular complexity index is 829. The van der Waals surface area contributed by atoms with Crippen LogP contribution in [0.15, 0.2) is 48.5 Å². The van der Waals surface area contributed by atoms with Gasteiger partial charge in [0.2, 0.25) is 0 Å². The molecule has 0 unspecified atom stereocenters. The van der Waals surface area contributed by atoms with Crippen LogP contribution in [0.2, 0.25) is 0 Å². The van der Waals surface area contributed by atoms with Crippen LogP contribution >= 0.6 is 0 Å². The molecule has 154 valence electrons. The first-order valence-electron chi connectivity index (χ1n) is 9.55. The van der Waals surface area contributed by atoms with Gasteiger partial charge >= 0.3 is 5.97 Å². The summed E-state index contributed by atoms with van der Waals surface area (Å²) in [6.07, 6.45) is 1.23. The number of amides is 1. The number of benzene rings is 2. The summed E-state index contributed by atoms with van der Waals surface area (Å²) in [5.41, 5.74) is 0.903. The minimum atomic E-state index is -0.954. The molecule has 7 heteroatoms. The van der Waals surface area contributed by atoms with Gasteiger partial charge in [0.1, 0.15) is 18.1 Å². The predicted octanol–water partition coefficient (Wildman–Crippen LogP) is 3.44. The van der Waals surface area contributed by atoms with Crippen molar-refractivity contribution in [1.29, 1.82) is 0 Å². The molecule has 29 heavy (non-hydrogen) atoms. The van der Waals surface area contributed by atoms with E-state index < -0.39 is 18.0 Å². The number of esters is 1. The van der Waals surface area contributed by atoms with E-state index in [0.717, 1.165) is 19.4 Å². The highest BCUT2D eigenvalue weighted by Crippen LogP contribution is 2.19. The minimum Gasteiger partial charge on any atom is -0.497 e. The molecule has 0 radical (unpaired) electrons. The predicted molar refractivity (Wildman–Crippen MR) is 107 cm³/mol. The van der Waals surface area contributed by atoms with Crippen LogP contribution in [0, 0.1) is 0 Å².